The van der Waals surface area contributed by atoms with Crippen LogP contribution in [0.1, 0.15) is 19.4 Å². The summed E-state index contributed by atoms with van der Waals surface area (Å²) in [4.78, 5) is 26.5. The van der Waals surface area contributed by atoms with E-state index in [-0.39, 0.29) is 54.8 Å². The second-order valence-corrected chi connectivity index (χ2v) is 11.7. The largest absolute Gasteiger partial charge is 0.506 e. The van der Waals surface area contributed by atoms with Crippen LogP contribution in [0.5, 0.6) is 11.5 Å². The molecule has 47 heavy (non-hydrogen) atoms. The van der Waals surface area contributed by atoms with Gasteiger partial charge in [-0.2, -0.15) is 0 Å². The Balaban J connectivity index is 1.39. The second kappa shape index (κ2) is 11.4. The van der Waals surface area contributed by atoms with Crippen molar-refractivity contribution in [1.82, 2.24) is 0 Å². The molecule has 0 unspecified atom stereocenters. The number of aliphatic hydroxyl groups excluding tert-OH is 4. The van der Waals surface area contributed by atoms with E-state index in [2.05, 4.69) is 5.92 Å². The Morgan fingerprint density at radius 2 is 1.51 bits per heavy atom. The van der Waals surface area contributed by atoms with E-state index < -0.39 is 78.4 Å². The van der Waals surface area contributed by atoms with Gasteiger partial charge >= 0.3 is 11.3 Å². The molecule has 0 spiro atoms. The van der Waals surface area contributed by atoms with E-state index in [4.69, 9.17) is 38.9 Å². The zero-order valence-corrected chi connectivity index (χ0v) is 25.1. The fourth-order valence-electron chi connectivity index (χ4n) is 6.50. The van der Waals surface area contributed by atoms with Gasteiger partial charge in [0.15, 0.2) is 18.0 Å². The van der Waals surface area contributed by atoms with Crippen LogP contribution in [0.15, 0.2) is 48.8 Å². The third-order valence-corrected chi connectivity index (χ3v) is 8.94. The molecule has 0 bridgehead atoms. The summed E-state index contributed by atoms with van der Waals surface area (Å²) in [5.41, 5.74) is -1.52. The van der Waals surface area contributed by atoms with E-state index in [1.165, 1.54) is 44.4 Å². The van der Waals surface area contributed by atoms with E-state index >= 15 is 0 Å². The van der Waals surface area contributed by atoms with Gasteiger partial charge in [0.1, 0.15) is 53.0 Å². The molecule has 0 aliphatic carbocycles. The van der Waals surface area contributed by atoms with Crippen molar-refractivity contribution in [3.63, 3.8) is 0 Å². The summed E-state index contributed by atoms with van der Waals surface area (Å²) in [6.45, 7) is 3.04. The first-order valence-corrected chi connectivity index (χ1v) is 14.7. The molecule has 4 heterocycles. The average Bonchev–Trinajstić information content (AvgIpc) is 3.05. The fraction of sp³-hybridized carbons (Fsp3) is 0.394. The SMILES string of the molecule is C#Cc1cc2oc(=O)c3c(O)c4cccc(O[C@@H]5O[C@H](C)[C@H](O)[C@H](O)[C@H]5O[C@@H]5O[C@@H](C)[C@@H](O)[C@@H](OC)[C@@H]5O)c4c4oc(=O)c(c1)c2c34. The van der Waals surface area contributed by atoms with E-state index in [0.29, 0.717) is 0 Å². The Kier molecular flexibility index (Phi) is 7.62. The molecule has 7 rings (SSSR count). The van der Waals surface area contributed by atoms with Gasteiger partial charge in [-0.05, 0) is 32.0 Å². The topological polar surface area (TPSA) is 208 Å². The Morgan fingerprint density at radius 3 is 2.23 bits per heavy atom. The lowest BCUT2D eigenvalue weighted by molar-refractivity contribution is -0.353. The molecule has 2 aliphatic rings. The summed E-state index contributed by atoms with van der Waals surface area (Å²) in [6.07, 6.45) is -7.56. The van der Waals surface area contributed by atoms with Crippen LogP contribution in [-0.4, -0.2) is 94.1 Å². The number of methoxy groups -OCH3 is 1. The molecule has 2 fully saturated rings. The summed E-state index contributed by atoms with van der Waals surface area (Å²) in [5, 5.41) is 54.7. The molecule has 14 nitrogen and oxygen atoms in total. The van der Waals surface area contributed by atoms with Crippen LogP contribution in [0, 0.1) is 12.3 Å². The maximum Gasteiger partial charge on any atom is 0.348 e. The number of fused-ring (bicyclic) bond motifs is 2. The fourth-order valence-corrected chi connectivity index (χ4v) is 6.50. The van der Waals surface area contributed by atoms with E-state index in [9.17, 15) is 35.1 Å². The first-order chi connectivity index (χ1) is 22.4. The summed E-state index contributed by atoms with van der Waals surface area (Å²) in [6, 6.07) is 7.29. The smallest absolute Gasteiger partial charge is 0.348 e. The van der Waals surface area contributed by atoms with Crippen LogP contribution in [0.25, 0.3) is 43.5 Å². The Morgan fingerprint density at radius 1 is 0.787 bits per heavy atom. The minimum Gasteiger partial charge on any atom is -0.506 e. The quantitative estimate of drug-likeness (QED) is 0.0780. The van der Waals surface area contributed by atoms with Gasteiger partial charge in [-0.1, -0.05) is 18.1 Å². The van der Waals surface area contributed by atoms with Crippen LogP contribution >= 0.6 is 0 Å². The van der Waals surface area contributed by atoms with Crippen molar-refractivity contribution in [1.29, 1.82) is 0 Å². The van der Waals surface area contributed by atoms with Gasteiger partial charge in [0.05, 0.1) is 23.0 Å². The van der Waals surface area contributed by atoms with E-state index in [1.54, 1.807) is 6.92 Å². The Labute approximate surface area is 264 Å². The maximum atomic E-state index is 13.3. The number of rotatable bonds is 5. The number of terminal acetylenes is 1. The normalized spacial score (nSPS) is 31.5. The molecule has 5 N–H and O–H groups in total. The van der Waals surface area contributed by atoms with Crippen LogP contribution in [-0.2, 0) is 18.9 Å². The third-order valence-electron chi connectivity index (χ3n) is 8.94. The van der Waals surface area contributed by atoms with Gasteiger partial charge in [0, 0.05) is 28.8 Å². The van der Waals surface area contributed by atoms with Gasteiger partial charge in [-0.3, -0.25) is 0 Å². The molecule has 0 amide bonds. The molecule has 246 valence electrons. The predicted octanol–water partition coefficient (Wildman–Crippen LogP) is 1.04. The Hall–Kier alpha value is -4.30. The van der Waals surface area contributed by atoms with Gasteiger partial charge in [0.25, 0.3) is 0 Å². The highest BCUT2D eigenvalue weighted by Gasteiger charge is 2.50. The van der Waals surface area contributed by atoms with Crippen LogP contribution < -0.4 is 16.0 Å². The van der Waals surface area contributed by atoms with Crippen molar-refractivity contribution in [2.45, 2.75) is 75.3 Å². The maximum absolute atomic E-state index is 13.3. The molecule has 2 aliphatic heterocycles. The van der Waals surface area contributed by atoms with Gasteiger partial charge < -0.3 is 58.1 Å². The number of hydrogen-bond donors (Lipinski definition) is 5. The van der Waals surface area contributed by atoms with Crippen molar-refractivity contribution in [3.05, 3.63) is 56.7 Å². The average molecular weight is 651 g/mol. The lowest BCUT2D eigenvalue weighted by Crippen LogP contribution is -2.64. The van der Waals surface area contributed by atoms with Gasteiger partial charge in [-0.15, -0.1) is 6.42 Å². The van der Waals surface area contributed by atoms with Gasteiger partial charge in [-0.25, -0.2) is 9.59 Å². The Bertz CT molecular complexity index is 2160. The summed E-state index contributed by atoms with van der Waals surface area (Å²) in [5.74, 6) is 1.92. The minimum atomic E-state index is -1.62. The molecular weight excluding hydrogens is 620 g/mol. The number of ether oxygens (including phenoxy) is 5. The van der Waals surface area contributed by atoms with Crippen LogP contribution in [0.4, 0.5) is 0 Å². The monoisotopic (exact) mass is 650 g/mol. The summed E-state index contributed by atoms with van der Waals surface area (Å²) in [7, 11) is 1.30. The molecule has 3 aromatic carbocycles. The molecule has 5 aromatic rings. The van der Waals surface area contributed by atoms with Crippen molar-refractivity contribution in [3.8, 4) is 23.8 Å². The highest BCUT2D eigenvalue weighted by atomic mass is 16.8. The molecule has 0 radical (unpaired) electrons. The molecule has 0 saturated carbocycles. The second-order valence-electron chi connectivity index (χ2n) is 11.7. The standard InChI is InChI=1S/C33H30O14/c1-5-13-9-15-18-17(10-13)44-31(40)21-20(18)27(46-30(15)39)19-14(24(21)36)7-6-8-16(19)45-33-29(25(37)22(34)11(2)43-33)47-32-26(38)28(41-4)23(35)12(3)42-32/h1,6-12,22-23,25-26,28-29,32-38H,2-4H3/t11-,12+,22+,23-,25+,26+,28-,29-,32+,33+/m1/s1. The number of aromatic hydroxyl groups is 1. The lowest BCUT2D eigenvalue weighted by Gasteiger charge is -2.46. The number of phenols is 1. The first kappa shape index (κ1) is 31.3. The van der Waals surface area contributed by atoms with E-state index in [1.807, 2.05) is 0 Å². The van der Waals surface area contributed by atoms with Crippen molar-refractivity contribution in [2.75, 3.05) is 7.11 Å². The van der Waals surface area contributed by atoms with Crippen molar-refractivity contribution >= 4 is 43.5 Å². The van der Waals surface area contributed by atoms with E-state index in [0.717, 1.165) is 0 Å². The molecular formula is C33H30O14. The van der Waals surface area contributed by atoms with Crippen molar-refractivity contribution in [2.24, 2.45) is 0 Å². The molecule has 2 aromatic heterocycles. The summed E-state index contributed by atoms with van der Waals surface area (Å²) < 4.78 is 40.3. The number of aliphatic hydroxyl groups is 4. The molecule has 2 saturated heterocycles. The van der Waals surface area contributed by atoms with Crippen LogP contribution in [0.3, 0.4) is 0 Å². The highest BCUT2D eigenvalue weighted by Crippen LogP contribution is 2.45. The predicted molar refractivity (Wildman–Crippen MR) is 163 cm³/mol. The van der Waals surface area contributed by atoms with Crippen LogP contribution in [0.2, 0.25) is 0 Å². The minimum absolute atomic E-state index is 0.0118. The number of hydrogen-bond acceptors (Lipinski definition) is 14. The zero-order chi connectivity index (χ0) is 33.5. The molecule has 14 heteroatoms. The van der Waals surface area contributed by atoms with Gasteiger partial charge in [0.2, 0.25) is 6.29 Å². The third kappa shape index (κ3) is 4.74. The lowest BCUT2D eigenvalue weighted by atomic mass is 9.96. The summed E-state index contributed by atoms with van der Waals surface area (Å²) >= 11 is 0. The first-order valence-electron chi connectivity index (χ1n) is 14.7. The zero-order valence-electron chi connectivity index (χ0n) is 25.1. The highest BCUT2D eigenvalue weighted by molar-refractivity contribution is 6.28. The number of phenolic OH excluding ortho intramolecular Hbond substituents is 1. The van der Waals surface area contributed by atoms with Crippen molar-refractivity contribution < 1.29 is 58.1 Å². The molecule has 10 atom stereocenters. The number of benzene rings is 3.